The van der Waals surface area contributed by atoms with Crippen molar-refractivity contribution in [3.05, 3.63) is 22.4 Å². The van der Waals surface area contributed by atoms with Gasteiger partial charge in [-0.05, 0) is 35.4 Å². The van der Waals surface area contributed by atoms with Gasteiger partial charge in [0.25, 0.3) is 0 Å². The molecule has 0 amide bonds. The Morgan fingerprint density at radius 2 is 2.56 bits per heavy atom. The molecule has 1 aromatic heterocycles. The second-order valence-corrected chi connectivity index (χ2v) is 3.13. The van der Waals surface area contributed by atoms with Gasteiger partial charge in [0, 0.05) is 6.04 Å². The Morgan fingerprint density at radius 3 is 3.00 bits per heavy atom. The third-order valence-corrected chi connectivity index (χ3v) is 2.47. The zero-order valence-corrected chi connectivity index (χ0v) is 5.95. The average Bonchev–Trinajstić information content (AvgIpc) is 2.11. The van der Waals surface area contributed by atoms with Crippen LogP contribution < -0.4 is 5.32 Å². The lowest BCUT2D eigenvalue weighted by Crippen LogP contribution is -2.34. The molecule has 1 fully saturated rings. The van der Waals surface area contributed by atoms with E-state index in [4.69, 9.17) is 0 Å². The molecule has 9 heavy (non-hydrogen) atoms. The highest BCUT2D eigenvalue weighted by molar-refractivity contribution is 7.07. The summed E-state index contributed by atoms with van der Waals surface area (Å²) in [4.78, 5) is 0. The van der Waals surface area contributed by atoms with E-state index >= 15 is 0 Å². The SMILES string of the molecule is c1cc(C2CCN2)cs1. The van der Waals surface area contributed by atoms with Crippen molar-refractivity contribution >= 4 is 11.3 Å². The summed E-state index contributed by atoms with van der Waals surface area (Å²) in [7, 11) is 0. The maximum atomic E-state index is 3.35. The summed E-state index contributed by atoms with van der Waals surface area (Å²) in [6, 6.07) is 2.87. The molecular weight excluding hydrogens is 130 g/mol. The van der Waals surface area contributed by atoms with E-state index in [1.54, 1.807) is 11.3 Å². The monoisotopic (exact) mass is 139 g/mol. The maximum Gasteiger partial charge on any atom is 0.0340 e. The molecule has 0 aliphatic carbocycles. The lowest BCUT2D eigenvalue weighted by Gasteiger charge is -2.26. The number of hydrogen-bond donors (Lipinski definition) is 1. The van der Waals surface area contributed by atoms with E-state index in [0.29, 0.717) is 6.04 Å². The largest absolute Gasteiger partial charge is 0.310 e. The van der Waals surface area contributed by atoms with Crippen LogP contribution in [0, 0.1) is 0 Å². The summed E-state index contributed by atoms with van der Waals surface area (Å²) in [5, 5.41) is 7.71. The molecule has 1 aliphatic rings. The number of rotatable bonds is 1. The van der Waals surface area contributed by atoms with Crippen LogP contribution in [0.5, 0.6) is 0 Å². The summed E-state index contributed by atoms with van der Waals surface area (Å²) in [6.45, 7) is 1.19. The van der Waals surface area contributed by atoms with Crippen LogP contribution in [0.25, 0.3) is 0 Å². The van der Waals surface area contributed by atoms with E-state index in [9.17, 15) is 0 Å². The van der Waals surface area contributed by atoms with Crippen LogP contribution in [0.2, 0.25) is 0 Å². The molecule has 0 saturated carbocycles. The Balaban J connectivity index is 2.14. The van der Waals surface area contributed by atoms with Gasteiger partial charge in [-0.2, -0.15) is 11.3 Å². The molecule has 1 nitrogen and oxygen atoms in total. The van der Waals surface area contributed by atoms with E-state index in [0.717, 1.165) is 0 Å². The van der Waals surface area contributed by atoms with Crippen molar-refractivity contribution in [3.8, 4) is 0 Å². The van der Waals surface area contributed by atoms with Crippen LogP contribution in [0.4, 0.5) is 0 Å². The van der Waals surface area contributed by atoms with Crippen molar-refractivity contribution in [2.75, 3.05) is 6.54 Å². The van der Waals surface area contributed by atoms with Crippen LogP contribution in [0.3, 0.4) is 0 Å². The Labute approximate surface area is 58.7 Å². The van der Waals surface area contributed by atoms with E-state index < -0.39 is 0 Å². The average molecular weight is 139 g/mol. The lowest BCUT2D eigenvalue weighted by molar-refractivity contribution is 0.384. The van der Waals surface area contributed by atoms with E-state index in [1.807, 2.05) is 0 Å². The molecule has 0 spiro atoms. The van der Waals surface area contributed by atoms with Crippen LogP contribution in [0.1, 0.15) is 18.0 Å². The van der Waals surface area contributed by atoms with E-state index in [1.165, 1.54) is 18.5 Å². The predicted molar refractivity (Wildman–Crippen MR) is 39.7 cm³/mol. The van der Waals surface area contributed by atoms with Gasteiger partial charge in [-0.1, -0.05) is 0 Å². The Bertz CT molecular complexity index is 177. The van der Waals surface area contributed by atoms with Gasteiger partial charge < -0.3 is 5.32 Å². The first-order valence-corrected chi connectivity index (χ1v) is 4.16. The predicted octanol–water partition coefficient (Wildman–Crippen LogP) is 1.78. The van der Waals surface area contributed by atoms with Crippen molar-refractivity contribution in [1.29, 1.82) is 0 Å². The molecule has 48 valence electrons. The molecule has 0 bridgehead atoms. The van der Waals surface area contributed by atoms with Crippen LogP contribution in [0.15, 0.2) is 16.8 Å². The van der Waals surface area contributed by atoms with Crippen LogP contribution in [-0.4, -0.2) is 6.54 Å². The van der Waals surface area contributed by atoms with Gasteiger partial charge in [-0.25, -0.2) is 0 Å². The molecule has 1 aromatic rings. The van der Waals surface area contributed by atoms with E-state index in [-0.39, 0.29) is 0 Å². The molecule has 0 aromatic carbocycles. The Morgan fingerprint density at radius 1 is 1.67 bits per heavy atom. The van der Waals surface area contributed by atoms with E-state index in [2.05, 4.69) is 22.1 Å². The summed E-state index contributed by atoms with van der Waals surface area (Å²) in [6.07, 6.45) is 1.32. The Hall–Kier alpha value is -0.340. The first-order valence-electron chi connectivity index (χ1n) is 3.22. The maximum absolute atomic E-state index is 3.35. The quantitative estimate of drug-likeness (QED) is 0.625. The molecule has 1 saturated heterocycles. The minimum atomic E-state index is 0.677. The van der Waals surface area contributed by atoms with Gasteiger partial charge in [0.2, 0.25) is 0 Å². The topological polar surface area (TPSA) is 12.0 Å². The van der Waals surface area contributed by atoms with Crippen molar-refractivity contribution in [3.63, 3.8) is 0 Å². The molecule has 1 aliphatic heterocycles. The summed E-state index contributed by atoms with van der Waals surface area (Å²) >= 11 is 1.78. The molecule has 2 rings (SSSR count). The smallest absolute Gasteiger partial charge is 0.0340 e. The summed E-state index contributed by atoms with van der Waals surface area (Å²) in [5.74, 6) is 0. The number of thiophene rings is 1. The summed E-state index contributed by atoms with van der Waals surface area (Å²) < 4.78 is 0. The molecule has 2 heteroatoms. The highest BCUT2D eigenvalue weighted by Gasteiger charge is 2.17. The normalized spacial score (nSPS) is 25.6. The first-order chi connectivity index (χ1) is 4.47. The second-order valence-electron chi connectivity index (χ2n) is 2.35. The van der Waals surface area contributed by atoms with Gasteiger partial charge in [-0.15, -0.1) is 0 Å². The minimum absolute atomic E-state index is 0.677. The fraction of sp³-hybridized carbons (Fsp3) is 0.429. The molecule has 0 radical (unpaired) electrons. The zero-order valence-electron chi connectivity index (χ0n) is 5.13. The molecule has 1 N–H and O–H groups in total. The van der Waals surface area contributed by atoms with Crippen LogP contribution >= 0.6 is 11.3 Å². The van der Waals surface area contributed by atoms with Crippen molar-refractivity contribution < 1.29 is 0 Å². The lowest BCUT2D eigenvalue weighted by atomic mass is 10.0. The van der Waals surface area contributed by atoms with Crippen molar-refractivity contribution in [2.24, 2.45) is 0 Å². The van der Waals surface area contributed by atoms with Gasteiger partial charge in [0.15, 0.2) is 0 Å². The van der Waals surface area contributed by atoms with Gasteiger partial charge >= 0.3 is 0 Å². The molecule has 1 atom stereocenters. The fourth-order valence-corrected chi connectivity index (χ4v) is 1.76. The molecular formula is C7H9NS. The standard InChI is InChI=1S/C7H9NS/c1-3-8-7(1)6-2-4-9-5-6/h2,4-5,7-8H,1,3H2. The minimum Gasteiger partial charge on any atom is -0.310 e. The third kappa shape index (κ3) is 0.884. The van der Waals surface area contributed by atoms with Gasteiger partial charge in [-0.3, -0.25) is 0 Å². The molecule has 1 unspecified atom stereocenters. The Kier molecular flexibility index (Phi) is 1.28. The number of nitrogens with one attached hydrogen (secondary N) is 1. The fourth-order valence-electron chi connectivity index (χ4n) is 1.05. The third-order valence-electron chi connectivity index (χ3n) is 1.77. The summed E-state index contributed by atoms with van der Waals surface area (Å²) in [5.41, 5.74) is 1.46. The molecule has 2 heterocycles. The first kappa shape index (κ1) is 5.45. The van der Waals surface area contributed by atoms with Crippen molar-refractivity contribution in [1.82, 2.24) is 5.32 Å². The number of hydrogen-bond acceptors (Lipinski definition) is 2. The highest BCUT2D eigenvalue weighted by Crippen LogP contribution is 2.23. The van der Waals surface area contributed by atoms with Gasteiger partial charge in [0.1, 0.15) is 0 Å². The van der Waals surface area contributed by atoms with Gasteiger partial charge in [0.05, 0.1) is 0 Å². The van der Waals surface area contributed by atoms with Crippen molar-refractivity contribution in [2.45, 2.75) is 12.5 Å². The highest BCUT2D eigenvalue weighted by atomic mass is 32.1. The van der Waals surface area contributed by atoms with Crippen LogP contribution in [-0.2, 0) is 0 Å². The zero-order chi connectivity index (χ0) is 6.10. The second kappa shape index (κ2) is 2.12.